The Bertz CT molecular complexity index is 3890. The van der Waals surface area contributed by atoms with Gasteiger partial charge in [0, 0.05) is 54.5 Å². The Morgan fingerprint density at radius 2 is 0.967 bits per heavy atom. The molecule has 4 nitrogen and oxygen atoms in total. The first-order chi connectivity index (χ1) is 29.6. The summed E-state index contributed by atoms with van der Waals surface area (Å²) in [4.78, 5) is 8.05. The van der Waals surface area contributed by atoms with E-state index in [1.807, 2.05) is 0 Å². The molecule has 8 aromatic carbocycles. The first-order valence-corrected chi connectivity index (χ1v) is 21.6. The summed E-state index contributed by atoms with van der Waals surface area (Å²) in [6, 6.07) is 56.4. The van der Waals surface area contributed by atoms with Crippen molar-refractivity contribution in [1.82, 2.24) is 13.8 Å². The number of fused-ring (bicyclic) bond motifs is 17. The van der Waals surface area contributed by atoms with Gasteiger partial charge in [-0.15, -0.1) is 0 Å². The highest BCUT2D eigenvalue weighted by atomic mass is 15.2. The van der Waals surface area contributed by atoms with E-state index in [1.165, 1.54) is 92.3 Å². The van der Waals surface area contributed by atoms with Gasteiger partial charge in [-0.25, -0.2) is 4.98 Å². The van der Waals surface area contributed by atoms with Crippen molar-refractivity contribution < 1.29 is 0 Å². The minimum Gasteiger partial charge on any atom is -0.308 e. The van der Waals surface area contributed by atoms with E-state index >= 15 is 0 Å². The smallest absolute Gasteiger partial charge is 0.146 e. The minimum absolute atomic E-state index is 0.0377. The number of rotatable bonds is 3. The topological polar surface area (TPSA) is 24.9 Å². The van der Waals surface area contributed by atoms with Gasteiger partial charge >= 0.3 is 0 Å². The van der Waals surface area contributed by atoms with Crippen LogP contribution in [-0.4, -0.2) is 13.8 Å². The summed E-state index contributed by atoms with van der Waals surface area (Å²) in [6.07, 6.45) is 2.16. The Morgan fingerprint density at radius 1 is 0.410 bits per heavy atom. The number of benzene rings is 8. The lowest BCUT2D eigenvalue weighted by Crippen LogP contribution is -2.11. The zero-order chi connectivity index (χ0) is 41.1. The maximum atomic E-state index is 5.62. The molecule has 0 saturated heterocycles. The summed E-state index contributed by atoms with van der Waals surface area (Å²) in [5.41, 5.74) is 13.1. The van der Waals surface area contributed by atoms with Crippen molar-refractivity contribution in [2.24, 2.45) is 0 Å². The fraction of sp³-hybridized carbons (Fsp3) is 0.140. The molecule has 13 aromatic rings. The van der Waals surface area contributed by atoms with Crippen molar-refractivity contribution >= 4 is 115 Å². The number of hydrogen-bond acceptors (Lipinski definition) is 2. The summed E-state index contributed by atoms with van der Waals surface area (Å²) in [6.45, 7) is 14.0. The molecule has 0 aliphatic heterocycles. The van der Waals surface area contributed by atoms with E-state index in [2.05, 4.69) is 213 Å². The molecule has 5 aromatic heterocycles. The SMILES string of the molecule is CC(C)(C)c1ccc2c(c1)c1cc(C(C)(C)C)cc3c4c5c6cc7ccccc7c7c8c9ccccc9cc(N(c9ccccc9)c9ccccc9)c8n(c5ncc4n2c13)c67. The van der Waals surface area contributed by atoms with Crippen LogP contribution >= 0.6 is 0 Å². The van der Waals surface area contributed by atoms with Gasteiger partial charge in [0.05, 0.1) is 39.5 Å². The summed E-state index contributed by atoms with van der Waals surface area (Å²) >= 11 is 0. The number of nitrogens with zero attached hydrogens (tertiary/aromatic N) is 4. The fourth-order valence-corrected chi connectivity index (χ4v) is 10.7. The van der Waals surface area contributed by atoms with Crippen LogP contribution in [0.5, 0.6) is 0 Å². The van der Waals surface area contributed by atoms with Gasteiger partial charge in [-0.05, 0) is 104 Å². The predicted molar refractivity (Wildman–Crippen MR) is 261 cm³/mol. The van der Waals surface area contributed by atoms with Crippen LogP contribution < -0.4 is 4.90 Å². The molecule has 0 bridgehead atoms. The number of aromatic nitrogens is 3. The average molecular weight is 785 g/mol. The summed E-state index contributed by atoms with van der Waals surface area (Å²) in [5.74, 6) is 0. The van der Waals surface area contributed by atoms with Gasteiger partial charge in [0.2, 0.25) is 0 Å². The molecular formula is C57H44N4. The molecule has 0 radical (unpaired) electrons. The molecule has 5 heterocycles. The highest BCUT2D eigenvalue weighted by molar-refractivity contribution is 6.40. The van der Waals surface area contributed by atoms with Gasteiger partial charge in [-0.1, -0.05) is 133 Å². The molecule has 0 aliphatic rings. The maximum absolute atomic E-state index is 5.62. The highest BCUT2D eigenvalue weighted by Crippen LogP contribution is 2.52. The third kappa shape index (κ3) is 4.57. The fourth-order valence-electron chi connectivity index (χ4n) is 10.7. The van der Waals surface area contributed by atoms with Crippen LogP contribution in [0.4, 0.5) is 17.1 Å². The van der Waals surface area contributed by atoms with Crippen molar-refractivity contribution in [2.75, 3.05) is 4.90 Å². The lowest BCUT2D eigenvalue weighted by molar-refractivity contribution is 0.590. The molecule has 0 aliphatic carbocycles. The van der Waals surface area contributed by atoms with Crippen molar-refractivity contribution in [3.63, 3.8) is 0 Å². The van der Waals surface area contributed by atoms with E-state index in [4.69, 9.17) is 4.98 Å². The Hall–Kier alpha value is -7.17. The zero-order valence-electron chi connectivity index (χ0n) is 35.3. The Morgan fingerprint density at radius 3 is 1.62 bits per heavy atom. The second-order valence-corrected chi connectivity index (χ2v) is 19.3. The van der Waals surface area contributed by atoms with E-state index in [9.17, 15) is 0 Å². The lowest BCUT2D eigenvalue weighted by Gasteiger charge is -2.27. The largest absolute Gasteiger partial charge is 0.308 e. The Kier molecular flexibility index (Phi) is 6.69. The van der Waals surface area contributed by atoms with Crippen LogP contribution in [0.15, 0.2) is 158 Å². The minimum atomic E-state index is -0.0499. The molecule has 0 N–H and O–H groups in total. The zero-order valence-corrected chi connectivity index (χ0v) is 35.3. The number of hydrogen-bond donors (Lipinski definition) is 0. The van der Waals surface area contributed by atoms with Crippen molar-refractivity contribution in [3.05, 3.63) is 169 Å². The second kappa shape index (κ2) is 11.8. The van der Waals surface area contributed by atoms with Crippen molar-refractivity contribution in [1.29, 1.82) is 0 Å². The molecule has 0 unspecified atom stereocenters. The van der Waals surface area contributed by atoms with Gasteiger partial charge in [0.25, 0.3) is 0 Å². The van der Waals surface area contributed by atoms with Gasteiger partial charge < -0.3 is 9.30 Å². The molecular weight excluding hydrogens is 741 g/mol. The quantitative estimate of drug-likeness (QED) is 0.178. The molecule has 0 saturated carbocycles. The molecule has 0 spiro atoms. The van der Waals surface area contributed by atoms with Crippen molar-refractivity contribution in [3.8, 4) is 0 Å². The summed E-state index contributed by atoms with van der Waals surface area (Å²) in [5, 5.41) is 15.1. The maximum Gasteiger partial charge on any atom is 0.146 e. The van der Waals surface area contributed by atoms with Crippen LogP contribution in [0, 0.1) is 0 Å². The van der Waals surface area contributed by atoms with Gasteiger partial charge in [-0.3, -0.25) is 4.40 Å². The number of pyridine rings is 1. The van der Waals surface area contributed by atoms with Crippen LogP contribution in [0.3, 0.4) is 0 Å². The van der Waals surface area contributed by atoms with E-state index in [0.29, 0.717) is 0 Å². The van der Waals surface area contributed by atoms with E-state index in [0.717, 1.165) is 33.7 Å². The molecule has 0 fully saturated rings. The number of para-hydroxylation sites is 2. The third-order valence-corrected chi connectivity index (χ3v) is 13.6. The van der Waals surface area contributed by atoms with Crippen LogP contribution in [0.25, 0.3) is 97.9 Å². The van der Waals surface area contributed by atoms with E-state index in [1.54, 1.807) is 0 Å². The molecule has 292 valence electrons. The highest BCUT2D eigenvalue weighted by Gasteiger charge is 2.31. The van der Waals surface area contributed by atoms with E-state index < -0.39 is 0 Å². The first kappa shape index (κ1) is 34.7. The summed E-state index contributed by atoms with van der Waals surface area (Å²) < 4.78 is 5.03. The van der Waals surface area contributed by atoms with Crippen LogP contribution in [-0.2, 0) is 10.8 Å². The monoisotopic (exact) mass is 784 g/mol. The summed E-state index contributed by atoms with van der Waals surface area (Å²) in [7, 11) is 0. The predicted octanol–water partition coefficient (Wildman–Crippen LogP) is 15.8. The standard InChI is InChI=1S/C57H44N4/c1-56(2,3)35-25-26-45-41(29-35)42-30-36(57(4,5)6)31-44-48-47(60(45)52(42)44)32-58-55-51(48)43-27-33-17-13-15-23-39(33)49-50-40-24-16-14-18-34(40)28-46(54(50)61(55)53(43)49)59(37-19-9-7-10-20-37)38-21-11-8-12-22-38/h7-32H,1-6H3. The van der Waals surface area contributed by atoms with Crippen LogP contribution in [0.1, 0.15) is 52.7 Å². The number of anilines is 3. The second-order valence-electron chi connectivity index (χ2n) is 19.3. The molecule has 0 amide bonds. The third-order valence-electron chi connectivity index (χ3n) is 13.6. The van der Waals surface area contributed by atoms with E-state index in [-0.39, 0.29) is 10.8 Å². The molecule has 13 rings (SSSR count). The van der Waals surface area contributed by atoms with Gasteiger partial charge in [0.15, 0.2) is 0 Å². The van der Waals surface area contributed by atoms with Gasteiger partial charge in [0.1, 0.15) is 5.65 Å². The Labute approximate surface area is 353 Å². The first-order valence-electron chi connectivity index (χ1n) is 21.6. The molecule has 61 heavy (non-hydrogen) atoms. The Balaban J connectivity index is 1.29. The molecule has 0 atom stereocenters. The van der Waals surface area contributed by atoms with Crippen molar-refractivity contribution in [2.45, 2.75) is 52.4 Å². The van der Waals surface area contributed by atoms with Crippen LogP contribution in [0.2, 0.25) is 0 Å². The normalized spacial score (nSPS) is 13.1. The van der Waals surface area contributed by atoms with Gasteiger partial charge in [-0.2, -0.15) is 0 Å². The molecule has 4 heteroatoms. The average Bonchev–Trinajstić information content (AvgIpc) is 3.99. The lowest BCUT2D eigenvalue weighted by atomic mass is 9.84.